The normalized spacial score (nSPS) is 14.5. The number of carbonyl (C=O) groups is 1. The zero-order valence-corrected chi connectivity index (χ0v) is 14.0. The van der Waals surface area contributed by atoms with Crippen LogP contribution in [-0.4, -0.2) is 13.9 Å². The number of rotatable bonds is 4. The van der Waals surface area contributed by atoms with Gasteiger partial charge in [-0.15, -0.1) is 0 Å². The Hall–Kier alpha value is -0.423. The van der Waals surface area contributed by atoms with E-state index in [0.29, 0.717) is 0 Å². The first-order valence-electron chi connectivity index (χ1n) is 5.79. The Morgan fingerprint density at radius 3 is 2.24 bits per heavy atom. The van der Waals surface area contributed by atoms with E-state index in [0.717, 1.165) is 5.56 Å². The Morgan fingerprint density at radius 1 is 1.24 bits per heavy atom. The van der Waals surface area contributed by atoms with Gasteiger partial charge in [0.15, 0.2) is 5.78 Å². The number of hydrogen-bond acceptors (Lipinski definition) is 1. The maximum Gasteiger partial charge on any atom is 0.169 e. The largest absolute Gasteiger partial charge is 0.294 e. The van der Waals surface area contributed by atoms with Gasteiger partial charge in [-0.3, -0.25) is 4.79 Å². The average Bonchev–Trinajstić information content (AvgIpc) is 2.27. The Bertz CT molecular complexity index is 418. The summed E-state index contributed by atoms with van der Waals surface area (Å²) in [7, 11) is -1.27. The van der Waals surface area contributed by atoms with Crippen LogP contribution in [0.25, 0.3) is 0 Å². The highest BCUT2D eigenvalue weighted by Crippen LogP contribution is 2.24. The van der Waals surface area contributed by atoms with Crippen molar-refractivity contribution in [1.82, 2.24) is 0 Å². The number of hydrogen-bond donors (Lipinski definition) is 0. The van der Waals surface area contributed by atoms with Gasteiger partial charge in [0.25, 0.3) is 0 Å². The second kappa shape index (κ2) is 5.95. The van der Waals surface area contributed by atoms with Crippen molar-refractivity contribution < 1.29 is 4.79 Å². The van der Waals surface area contributed by atoms with Crippen molar-refractivity contribution in [2.24, 2.45) is 5.92 Å². The highest BCUT2D eigenvalue weighted by molar-refractivity contribution is 14.1. The van der Waals surface area contributed by atoms with Gasteiger partial charge < -0.3 is 0 Å². The molecule has 1 rings (SSSR count). The highest BCUT2D eigenvalue weighted by atomic mass is 127. The third-order valence-corrected chi connectivity index (χ3v) is 9.40. The lowest BCUT2D eigenvalue weighted by Crippen LogP contribution is -2.22. The van der Waals surface area contributed by atoms with Crippen LogP contribution in [0.2, 0.25) is 19.6 Å². The van der Waals surface area contributed by atoms with Gasteiger partial charge in [0, 0.05) is 11.5 Å². The van der Waals surface area contributed by atoms with E-state index in [1.807, 2.05) is 37.3 Å². The average molecular weight is 358 g/mol. The molecule has 0 aliphatic carbocycles. The topological polar surface area (TPSA) is 17.1 Å². The van der Waals surface area contributed by atoms with Crippen molar-refractivity contribution in [2.75, 3.05) is 0 Å². The minimum Gasteiger partial charge on any atom is -0.294 e. The van der Waals surface area contributed by atoms with Crippen LogP contribution >= 0.6 is 22.6 Å². The van der Waals surface area contributed by atoms with Crippen molar-refractivity contribution in [1.29, 1.82) is 0 Å². The molecule has 0 spiro atoms. The molecule has 17 heavy (non-hydrogen) atoms. The van der Waals surface area contributed by atoms with E-state index in [2.05, 4.69) is 48.3 Å². The first-order chi connectivity index (χ1) is 7.82. The zero-order chi connectivity index (χ0) is 13.1. The zero-order valence-electron chi connectivity index (χ0n) is 10.8. The maximum atomic E-state index is 12.2. The van der Waals surface area contributed by atoms with Crippen molar-refractivity contribution in [3.8, 4) is 0 Å². The third kappa shape index (κ3) is 4.39. The molecule has 0 aliphatic heterocycles. The number of carbonyl (C=O) groups excluding carboxylic acids is 1. The molecular formula is C14H19IOSi. The van der Waals surface area contributed by atoms with Crippen LogP contribution in [0.1, 0.15) is 17.3 Å². The summed E-state index contributed by atoms with van der Waals surface area (Å²) in [5.74, 6) is 0.175. The molecule has 1 aromatic carbocycles. The van der Waals surface area contributed by atoms with Crippen molar-refractivity contribution in [2.45, 2.75) is 26.6 Å². The fraction of sp³-hybridized carbons (Fsp3) is 0.357. The van der Waals surface area contributed by atoms with Crippen LogP contribution in [-0.2, 0) is 0 Å². The maximum absolute atomic E-state index is 12.2. The van der Waals surface area contributed by atoms with E-state index in [1.165, 1.54) is 3.20 Å². The first-order valence-corrected chi connectivity index (χ1v) is 10.4. The molecule has 1 atom stereocenters. The van der Waals surface area contributed by atoms with Gasteiger partial charge in [0.2, 0.25) is 0 Å². The van der Waals surface area contributed by atoms with Crippen molar-refractivity contribution in [3.05, 3.63) is 45.2 Å². The third-order valence-electron chi connectivity index (χ3n) is 2.58. The molecule has 1 aromatic rings. The van der Waals surface area contributed by atoms with Gasteiger partial charge in [-0.2, -0.15) is 0 Å². The molecule has 92 valence electrons. The Labute approximate surface area is 118 Å². The molecule has 0 N–H and O–H groups in total. The molecule has 0 aliphatic rings. The van der Waals surface area contributed by atoms with Crippen LogP contribution < -0.4 is 0 Å². The number of halogens is 1. The lowest BCUT2D eigenvalue weighted by molar-refractivity contribution is 0.0953. The lowest BCUT2D eigenvalue weighted by atomic mass is 10.00. The predicted octanol–water partition coefficient (Wildman–Crippen LogP) is 4.70. The second-order valence-electron chi connectivity index (χ2n) is 5.28. The molecule has 1 unspecified atom stereocenters. The van der Waals surface area contributed by atoms with E-state index >= 15 is 0 Å². The minimum absolute atomic E-state index is 0.0315. The van der Waals surface area contributed by atoms with Crippen molar-refractivity contribution >= 4 is 36.4 Å². The minimum atomic E-state index is -1.27. The first kappa shape index (κ1) is 14.6. The molecule has 1 nitrogen and oxygen atoms in total. The summed E-state index contributed by atoms with van der Waals surface area (Å²) in [5, 5.41) is 0. The highest BCUT2D eigenvalue weighted by Gasteiger charge is 2.20. The summed E-state index contributed by atoms with van der Waals surface area (Å²) in [5.41, 5.74) is 0.802. The van der Waals surface area contributed by atoms with E-state index in [9.17, 15) is 4.79 Å². The second-order valence-corrected chi connectivity index (χ2v) is 12.5. The number of allylic oxidation sites excluding steroid dienone is 1. The van der Waals surface area contributed by atoms with Gasteiger partial charge >= 0.3 is 0 Å². The molecule has 0 radical (unpaired) electrons. The summed E-state index contributed by atoms with van der Waals surface area (Å²) in [6.07, 6.45) is 2.13. The smallest absolute Gasteiger partial charge is 0.169 e. The molecule has 0 fully saturated rings. The van der Waals surface area contributed by atoms with Gasteiger partial charge in [-0.05, 0) is 3.20 Å². The summed E-state index contributed by atoms with van der Waals surface area (Å²) >= 11 is 2.39. The van der Waals surface area contributed by atoms with Crippen molar-refractivity contribution in [3.63, 3.8) is 0 Å². The van der Waals surface area contributed by atoms with Crippen LogP contribution in [0.4, 0.5) is 0 Å². The fourth-order valence-electron chi connectivity index (χ4n) is 1.41. The van der Waals surface area contributed by atoms with E-state index in [-0.39, 0.29) is 11.7 Å². The van der Waals surface area contributed by atoms with Crippen LogP contribution in [0.5, 0.6) is 0 Å². The Balaban J connectivity index is 2.86. The molecular weight excluding hydrogens is 339 g/mol. The summed E-state index contributed by atoms with van der Waals surface area (Å²) in [4.78, 5) is 12.2. The number of Topliss-reactive ketones (excluding diaryl/α,β-unsaturated/α-hetero) is 1. The summed E-state index contributed by atoms with van der Waals surface area (Å²) < 4.78 is 1.37. The van der Waals surface area contributed by atoms with Crippen LogP contribution in [0, 0.1) is 5.92 Å². The predicted molar refractivity (Wildman–Crippen MR) is 85.4 cm³/mol. The molecule has 0 aromatic heterocycles. The molecule has 0 heterocycles. The van der Waals surface area contributed by atoms with Crippen LogP contribution in [0.3, 0.4) is 0 Å². The standard InChI is InChI=1S/C14H19IOSi/c1-11(10-13(15)17(2,3)4)14(16)12-8-6-5-7-9-12/h5-11H,1-4H3/b13-10+. The fourth-order valence-corrected chi connectivity index (χ4v) is 2.70. The molecule has 0 saturated heterocycles. The van der Waals surface area contributed by atoms with E-state index < -0.39 is 8.07 Å². The van der Waals surface area contributed by atoms with Crippen LogP contribution in [0.15, 0.2) is 39.6 Å². The summed E-state index contributed by atoms with van der Waals surface area (Å²) in [6, 6.07) is 9.52. The molecule has 0 amide bonds. The van der Waals surface area contributed by atoms with Gasteiger partial charge in [0.1, 0.15) is 0 Å². The number of benzene rings is 1. The molecule has 0 saturated carbocycles. The lowest BCUT2D eigenvalue weighted by Gasteiger charge is -2.17. The Kier molecular flexibility index (Phi) is 5.13. The van der Waals surface area contributed by atoms with Gasteiger partial charge in [-0.1, -0.05) is 85.6 Å². The van der Waals surface area contributed by atoms with E-state index in [4.69, 9.17) is 0 Å². The Morgan fingerprint density at radius 2 is 1.76 bits per heavy atom. The quantitative estimate of drug-likeness (QED) is 0.433. The van der Waals surface area contributed by atoms with Gasteiger partial charge in [-0.25, -0.2) is 0 Å². The van der Waals surface area contributed by atoms with Gasteiger partial charge in [0.05, 0.1) is 8.07 Å². The summed E-state index contributed by atoms with van der Waals surface area (Å²) in [6.45, 7) is 8.87. The number of ketones is 1. The molecule has 0 bridgehead atoms. The molecule has 3 heteroatoms. The SMILES string of the molecule is CC(/C=C(\I)[Si](C)(C)C)C(=O)c1ccccc1. The monoisotopic (exact) mass is 358 g/mol. The van der Waals surface area contributed by atoms with E-state index in [1.54, 1.807) is 0 Å².